The maximum atomic E-state index is 11.3. The van der Waals surface area contributed by atoms with Crippen LogP contribution in [0, 0.1) is 0 Å². The summed E-state index contributed by atoms with van der Waals surface area (Å²) in [5.74, 6) is -0.863. The molecular formula is C9H19N3O3. The molecule has 88 valence electrons. The van der Waals surface area contributed by atoms with Gasteiger partial charge in [0.15, 0.2) is 0 Å². The highest BCUT2D eigenvalue weighted by atomic mass is 16.4. The highest BCUT2D eigenvalue weighted by Gasteiger charge is 2.21. The van der Waals surface area contributed by atoms with Gasteiger partial charge in [-0.05, 0) is 20.3 Å². The van der Waals surface area contributed by atoms with Gasteiger partial charge in [-0.3, -0.25) is 10.2 Å². The zero-order valence-corrected chi connectivity index (χ0v) is 9.63. The Labute approximate surface area is 89.6 Å². The lowest BCUT2D eigenvalue weighted by molar-refractivity contribution is -0.137. The lowest BCUT2D eigenvalue weighted by Crippen LogP contribution is -2.51. The molecule has 3 N–H and O–H groups in total. The number of nitrogens with zero attached hydrogens (tertiary/aromatic N) is 1. The van der Waals surface area contributed by atoms with Crippen molar-refractivity contribution in [1.29, 1.82) is 0 Å². The van der Waals surface area contributed by atoms with E-state index in [-0.39, 0.29) is 12.5 Å². The van der Waals surface area contributed by atoms with Crippen molar-refractivity contribution in [3.8, 4) is 0 Å². The minimum absolute atomic E-state index is 0.0369. The van der Waals surface area contributed by atoms with Crippen LogP contribution in [-0.2, 0) is 4.79 Å². The van der Waals surface area contributed by atoms with Crippen LogP contribution in [0.3, 0.4) is 0 Å². The molecule has 0 saturated carbocycles. The van der Waals surface area contributed by atoms with E-state index in [2.05, 4.69) is 10.7 Å². The van der Waals surface area contributed by atoms with Gasteiger partial charge in [0.25, 0.3) is 0 Å². The number of nitrogens with one attached hydrogen (secondary N) is 2. The number of carboxylic acids is 1. The maximum absolute atomic E-state index is 11.3. The number of carbonyl (C=O) groups is 2. The Bertz CT molecular complexity index is 239. The average molecular weight is 217 g/mol. The van der Waals surface area contributed by atoms with Crippen molar-refractivity contribution in [2.24, 2.45) is 0 Å². The summed E-state index contributed by atoms with van der Waals surface area (Å²) in [6, 6.07) is -0.338. The summed E-state index contributed by atoms with van der Waals surface area (Å²) < 4.78 is 0. The van der Waals surface area contributed by atoms with Crippen molar-refractivity contribution < 1.29 is 14.7 Å². The molecule has 0 atom stereocenters. The topological polar surface area (TPSA) is 81.7 Å². The highest BCUT2D eigenvalue weighted by Crippen LogP contribution is 2.10. The molecule has 0 radical (unpaired) electrons. The van der Waals surface area contributed by atoms with Gasteiger partial charge in [-0.15, -0.1) is 0 Å². The predicted octanol–water partition coefficient (Wildman–Crippen LogP) is 0.406. The Morgan fingerprint density at radius 1 is 1.33 bits per heavy atom. The third-order valence-electron chi connectivity index (χ3n) is 1.74. The summed E-state index contributed by atoms with van der Waals surface area (Å²) in [5, 5.41) is 12.7. The normalized spacial score (nSPS) is 11.3. The van der Waals surface area contributed by atoms with Gasteiger partial charge in [0.05, 0.1) is 0 Å². The van der Waals surface area contributed by atoms with Crippen LogP contribution >= 0.6 is 0 Å². The molecule has 0 rings (SSSR count). The monoisotopic (exact) mass is 217 g/mol. The molecule has 2 amide bonds. The molecule has 0 heterocycles. The number of hydrogen-bond acceptors (Lipinski definition) is 3. The van der Waals surface area contributed by atoms with Crippen LogP contribution < -0.4 is 10.7 Å². The smallest absolute Gasteiger partial charge is 0.329 e. The molecule has 0 aliphatic carbocycles. The summed E-state index contributed by atoms with van der Waals surface area (Å²) in [6.45, 7) is 3.57. The molecule has 0 aromatic carbocycles. The van der Waals surface area contributed by atoms with Crippen LogP contribution in [0.15, 0.2) is 0 Å². The first-order valence-electron chi connectivity index (χ1n) is 4.71. The second kappa shape index (κ2) is 5.55. The molecular weight excluding hydrogens is 198 g/mol. The minimum atomic E-state index is -0.863. The van der Waals surface area contributed by atoms with Crippen molar-refractivity contribution in [1.82, 2.24) is 15.8 Å². The lowest BCUT2D eigenvalue weighted by Gasteiger charge is -2.26. The molecule has 0 fully saturated rings. The number of rotatable bonds is 5. The van der Waals surface area contributed by atoms with E-state index in [4.69, 9.17) is 5.11 Å². The molecule has 0 spiro atoms. The third-order valence-corrected chi connectivity index (χ3v) is 1.74. The molecule has 6 heteroatoms. The molecule has 0 aliphatic heterocycles. The molecule has 0 aromatic heterocycles. The Morgan fingerprint density at radius 3 is 2.27 bits per heavy atom. The first kappa shape index (κ1) is 13.7. The van der Waals surface area contributed by atoms with Crippen molar-refractivity contribution in [2.75, 3.05) is 14.1 Å². The molecule has 15 heavy (non-hydrogen) atoms. The van der Waals surface area contributed by atoms with Crippen LogP contribution in [-0.4, -0.2) is 41.8 Å². The minimum Gasteiger partial charge on any atom is -0.481 e. The van der Waals surface area contributed by atoms with E-state index in [0.29, 0.717) is 6.42 Å². The van der Waals surface area contributed by atoms with E-state index in [0.717, 1.165) is 0 Å². The first-order valence-corrected chi connectivity index (χ1v) is 4.71. The zero-order valence-electron chi connectivity index (χ0n) is 9.63. The van der Waals surface area contributed by atoms with Gasteiger partial charge in [-0.2, -0.15) is 0 Å². The highest BCUT2D eigenvalue weighted by molar-refractivity contribution is 5.74. The van der Waals surface area contributed by atoms with Crippen LogP contribution in [0.1, 0.15) is 26.7 Å². The first-order chi connectivity index (χ1) is 6.73. The van der Waals surface area contributed by atoms with E-state index in [1.54, 1.807) is 27.9 Å². The van der Waals surface area contributed by atoms with Gasteiger partial charge < -0.3 is 10.4 Å². The number of carbonyl (C=O) groups excluding carboxylic acids is 1. The fraction of sp³-hybridized carbons (Fsp3) is 0.778. The van der Waals surface area contributed by atoms with Crippen molar-refractivity contribution >= 4 is 12.0 Å². The number of carboxylic acid groups (broad SMARTS) is 1. The van der Waals surface area contributed by atoms with Gasteiger partial charge in [0.1, 0.15) is 0 Å². The molecule has 0 unspecified atom stereocenters. The number of hydrogen-bond donors (Lipinski definition) is 3. The van der Waals surface area contributed by atoms with E-state index in [1.807, 2.05) is 0 Å². The Hall–Kier alpha value is -1.30. The van der Waals surface area contributed by atoms with Gasteiger partial charge in [0.2, 0.25) is 0 Å². The van der Waals surface area contributed by atoms with Gasteiger partial charge in [-0.1, -0.05) is 0 Å². The molecule has 0 aliphatic rings. The Balaban J connectivity index is 4.01. The summed E-state index contributed by atoms with van der Waals surface area (Å²) >= 11 is 0. The van der Waals surface area contributed by atoms with Crippen LogP contribution in [0.2, 0.25) is 0 Å². The van der Waals surface area contributed by atoms with Crippen LogP contribution in [0.25, 0.3) is 0 Å². The largest absolute Gasteiger partial charge is 0.481 e. The van der Waals surface area contributed by atoms with Crippen molar-refractivity contribution in [3.63, 3.8) is 0 Å². The van der Waals surface area contributed by atoms with E-state index < -0.39 is 11.5 Å². The summed E-state index contributed by atoms with van der Waals surface area (Å²) in [7, 11) is 3.40. The molecule has 0 bridgehead atoms. The summed E-state index contributed by atoms with van der Waals surface area (Å²) in [6.07, 6.45) is 0.429. The van der Waals surface area contributed by atoms with Crippen molar-refractivity contribution in [3.05, 3.63) is 0 Å². The predicted molar refractivity (Wildman–Crippen MR) is 56.3 cm³/mol. The zero-order chi connectivity index (χ0) is 12.1. The fourth-order valence-electron chi connectivity index (χ4n) is 1.02. The maximum Gasteiger partial charge on any atom is 0.329 e. The van der Waals surface area contributed by atoms with Crippen LogP contribution in [0.4, 0.5) is 4.79 Å². The van der Waals surface area contributed by atoms with Gasteiger partial charge in [0, 0.05) is 26.1 Å². The molecule has 6 nitrogen and oxygen atoms in total. The number of urea groups is 1. The second-order valence-corrected chi connectivity index (χ2v) is 4.24. The second-order valence-electron chi connectivity index (χ2n) is 4.24. The number of aliphatic carboxylic acids is 1. The SMILES string of the molecule is CN(C)NC(=O)NC(C)(C)CCC(=O)O. The molecule has 0 saturated heterocycles. The lowest BCUT2D eigenvalue weighted by atomic mass is 9.99. The van der Waals surface area contributed by atoms with E-state index in [1.165, 1.54) is 5.01 Å². The van der Waals surface area contributed by atoms with Crippen molar-refractivity contribution in [2.45, 2.75) is 32.2 Å². The standard InChI is InChI=1S/C9H19N3O3/c1-9(2,6-5-7(13)14)10-8(15)11-12(3)4/h5-6H2,1-4H3,(H,13,14)(H2,10,11,15). The van der Waals surface area contributed by atoms with E-state index in [9.17, 15) is 9.59 Å². The number of amides is 2. The summed E-state index contributed by atoms with van der Waals surface area (Å²) in [4.78, 5) is 21.7. The number of hydrazine groups is 1. The van der Waals surface area contributed by atoms with E-state index >= 15 is 0 Å². The fourth-order valence-corrected chi connectivity index (χ4v) is 1.02. The molecule has 0 aromatic rings. The quantitative estimate of drug-likeness (QED) is 0.582. The summed E-state index contributed by atoms with van der Waals surface area (Å²) in [5.41, 5.74) is 1.99. The van der Waals surface area contributed by atoms with Gasteiger partial charge >= 0.3 is 12.0 Å². The third kappa shape index (κ3) is 7.75. The van der Waals surface area contributed by atoms with Gasteiger partial charge in [-0.25, -0.2) is 9.80 Å². The Kier molecular flexibility index (Phi) is 5.07. The van der Waals surface area contributed by atoms with Crippen LogP contribution in [0.5, 0.6) is 0 Å². The Morgan fingerprint density at radius 2 is 1.87 bits per heavy atom. The average Bonchev–Trinajstić information content (AvgIpc) is 1.98.